The highest BCUT2D eigenvalue weighted by atomic mass is 16.4. The summed E-state index contributed by atoms with van der Waals surface area (Å²) in [5, 5.41) is 26.1. The first-order chi connectivity index (χ1) is 19.0. The van der Waals surface area contributed by atoms with Crippen LogP contribution in [0.5, 0.6) is 0 Å². The lowest BCUT2D eigenvalue weighted by atomic mass is 10.0. The molecule has 214 valence electrons. The first kappa shape index (κ1) is 31.4. The van der Waals surface area contributed by atoms with Gasteiger partial charge >= 0.3 is 11.9 Å². The largest absolute Gasteiger partial charge is 0.481 e. The van der Waals surface area contributed by atoms with Crippen LogP contribution in [0.1, 0.15) is 30.4 Å². The number of benzene rings is 2. The Balaban J connectivity index is 2.26. The quantitative estimate of drug-likeness (QED) is 0.135. The average Bonchev–Trinajstić information content (AvgIpc) is 2.90. The van der Waals surface area contributed by atoms with Crippen molar-refractivity contribution in [2.24, 2.45) is 11.5 Å². The number of aliphatic carboxylic acids is 2. The number of amides is 4. The van der Waals surface area contributed by atoms with Crippen molar-refractivity contribution in [2.75, 3.05) is 0 Å². The predicted octanol–water partition coefficient (Wildman–Crippen LogP) is -0.922. The molecule has 0 spiro atoms. The van der Waals surface area contributed by atoms with Crippen molar-refractivity contribution in [3.05, 3.63) is 71.8 Å². The maximum Gasteiger partial charge on any atom is 0.326 e. The molecule has 40 heavy (non-hydrogen) atoms. The molecule has 0 heterocycles. The minimum atomic E-state index is -1.42. The summed E-state index contributed by atoms with van der Waals surface area (Å²) in [6, 6.07) is 11.9. The van der Waals surface area contributed by atoms with Crippen molar-refractivity contribution in [3.63, 3.8) is 0 Å². The molecular formula is C27H33N5O8. The zero-order valence-corrected chi connectivity index (χ0v) is 21.6. The Morgan fingerprint density at radius 1 is 0.675 bits per heavy atom. The summed E-state index contributed by atoms with van der Waals surface area (Å²) in [5.74, 6) is -5.98. The summed E-state index contributed by atoms with van der Waals surface area (Å²) in [4.78, 5) is 73.1. The second kappa shape index (κ2) is 15.6. The van der Waals surface area contributed by atoms with Crippen LogP contribution in [0.3, 0.4) is 0 Å². The summed E-state index contributed by atoms with van der Waals surface area (Å²) in [5.41, 5.74) is 12.0. The lowest BCUT2D eigenvalue weighted by Gasteiger charge is -2.25. The monoisotopic (exact) mass is 555 g/mol. The van der Waals surface area contributed by atoms with E-state index in [2.05, 4.69) is 16.0 Å². The molecule has 0 aliphatic rings. The van der Waals surface area contributed by atoms with Crippen molar-refractivity contribution in [2.45, 2.75) is 56.3 Å². The Morgan fingerprint density at radius 3 is 1.60 bits per heavy atom. The molecule has 0 bridgehead atoms. The van der Waals surface area contributed by atoms with Crippen LogP contribution in [0.15, 0.2) is 60.7 Å². The number of primary amides is 1. The minimum absolute atomic E-state index is 0.0110. The normalized spacial score (nSPS) is 13.6. The van der Waals surface area contributed by atoms with E-state index in [9.17, 15) is 33.9 Å². The van der Waals surface area contributed by atoms with Gasteiger partial charge in [-0.2, -0.15) is 0 Å². The first-order valence-corrected chi connectivity index (χ1v) is 12.4. The van der Waals surface area contributed by atoms with Crippen molar-refractivity contribution < 1.29 is 39.0 Å². The molecule has 0 aliphatic heterocycles. The van der Waals surface area contributed by atoms with E-state index in [1.165, 1.54) is 0 Å². The Bertz CT molecular complexity index is 1190. The molecule has 2 aromatic carbocycles. The maximum absolute atomic E-state index is 13.3. The van der Waals surface area contributed by atoms with Crippen molar-refractivity contribution in [1.82, 2.24) is 16.0 Å². The number of nitrogens with two attached hydrogens (primary N) is 2. The minimum Gasteiger partial charge on any atom is -0.481 e. The Kier molecular flexibility index (Phi) is 12.3. The van der Waals surface area contributed by atoms with Crippen LogP contribution in [0.25, 0.3) is 0 Å². The maximum atomic E-state index is 13.3. The fourth-order valence-electron chi connectivity index (χ4n) is 3.78. The van der Waals surface area contributed by atoms with Crippen LogP contribution in [0, 0.1) is 0 Å². The van der Waals surface area contributed by atoms with E-state index >= 15 is 0 Å². The van der Waals surface area contributed by atoms with Gasteiger partial charge in [0, 0.05) is 19.3 Å². The summed E-state index contributed by atoms with van der Waals surface area (Å²) in [7, 11) is 0. The van der Waals surface area contributed by atoms with Crippen molar-refractivity contribution >= 4 is 35.6 Å². The molecule has 0 aliphatic carbocycles. The standard InChI is InChI=1S/C27H33N5O8/c28-18(15-22(29)33)24(36)30-19(11-12-23(34)35)25(37)31-20(13-16-7-3-1-4-8-16)26(38)32-21(27(39)40)14-17-9-5-2-6-10-17/h1-10,18-21H,11-15,28H2,(H2,29,33)(H,30,36)(H,31,37)(H,32,38)(H,34,35)(H,39,40). The summed E-state index contributed by atoms with van der Waals surface area (Å²) >= 11 is 0. The van der Waals surface area contributed by atoms with Gasteiger partial charge in [-0.1, -0.05) is 60.7 Å². The van der Waals surface area contributed by atoms with E-state index in [0.717, 1.165) is 0 Å². The third-order valence-corrected chi connectivity index (χ3v) is 5.85. The summed E-state index contributed by atoms with van der Waals surface area (Å²) in [6.45, 7) is 0. The lowest BCUT2D eigenvalue weighted by Crippen LogP contribution is -2.58. The Labute approximate surface area is 230 Å². The molecule has 13 nitrogen and oxygen atoms in total. The van der Waals surface area contributed by atoms with Crippen LogP contribution in [0.4, 0.5) is 0 Å². The highest BCUT2D eigenvalue weighted by Gasteiger charge is 2.31. The predicted molar refractivity (Wildman–Crippen MR) is 142 cm³/mol. The molecule has 0 saturated carbocycles. The number of nitrogens with one attached hydrogen (secondary N) is 3. The van der Waals surface area contributed by atoms with Crippen LogP contribution in [-0.2, 0) is 41.6 Å². The Hall–Kier alpha value is -4.78. The molecule has 4 amide bonds. The third-order valence-electron chi connectivity index (χ3n) is 5.85. The second-order valence-corrected chi connectivity index (χ2v) is 9.11. The van der Waals surface area contributed by atoms with Crippen LogP contribution in [0.2, 0.25) is 0 Å². The molecule has 13 heteroatoms. The van der Waals surface area contributed by atoms with E-state index < -0.39 is 72.6 Å². The number of hydrogen-bond donors (Lipinski definition) is 7. The van der Waals surface area contributed by atoms with Crippen molar-refractivity contribution in [3.8, 4) is 0 Å². The molecule has 2 rings (SSSR count). The first-order valence-electron chi connectivity index (χ1n) is 12.4. The van der Waals surface area contributed by atoms with Gasteiger partial charge in [0.15, 0.2) is 0 Å². The number of carboxylic acid groups (broad SMARTS) is 2. The molecule has 2 aromatic rings. The molecule has 4 unspecified atom stereocenters. The van der Waals surface area contributed by atoms with Crippen molar-refractivity contribution in [1.29, 1.82) is 0 Å². The van der Waals surface area contributed by atoms with Gasteiger partial charge in [0.05, 0.1) is 12.5 Å². The van der Waals surface area contributed by atoms with E-state index in [0.29, 0.717) is 11.1 Å². The SMILES string of the molecule is NC(=O)CC(N)C(=O)NC(CCC(=O)O)C(=O)NC(Cc1ccccc1)C(=O)NC(Cc1ccccc1)C(=O)O. The Morgan fingerprint density at radius 2 is 1.12 bits per heavy atom. The highest BCUT2D eigenvalue weighted by Crippen LogP contribution is 2.08. The van der Waals surface area contributed by atoms with Gasteiger partial charge in [0.25, 0.3) is 0 Å². The summed E-state index contributed by atoms with van der Waals surface area (Å²) in [6.07, 6.45) is -1.39. The van der Waals surface area contributed by atoms with Gasteiger partial charge in [-0.3, -0.25) is 24.0 Å². The van der Waals surface area contributed by atoms with Crippen LogP contribution >= 0.6 is 0 Å². The van der Waals surface area contributed by atoms with Gasteiger partial charge < -0.3 is 37.6 Å². The van der Waals surface area contributed by atoms with E-state index in [1.807, 2.05) is 0 Å². The molecule has 0 fully saturated rings. The highest BCUT2D eigenvalue weighted by molar-refractivity contribution is 5.95. The molecule has 4 atom stereocenters. The van der Waals surface area contributed by atoms with E-state index in [-0.39, 0.29) is 19.3 Å². The van der Waals surface area contributed by atoms with E-state index in [4.69, 9.17) is 16.6 Å². The molecular weight excluding hydrogens is 522 g/mol. The van der Waals surface area contributed by atoms with E-state index in [1.54, 1.807) is 60.7 Å². The average molecular weight is 556 g/mol. The smallest absolute Gasteiger partial charge is 0.326 e. The van der Waals surface area contributed by atoms with Gasteiger partial charge in [0.1, 0.15) is 18.1 Å². The molecule has 9 N–H and O–H groups in total. The van der Waals surface area contributed by atoms with Gasteiger partial charge in [-0.05, 0) is 17.5 Å². The summed E-state index contributed by atoms with van der Waals surface area (Å²) < 4.78 is 0. The molecule has 0 radical (unpaired) electrons. The number of hydrogen-bond acceptors (Lipinski definition) is 7. The zero-order valence-electron chi connectivity index (χ0n) is 21.6. The lowest BCUT2D eigenvalue weighted by molar-refractivity contribution is -0.142. The number of rotatable bonds is 16. The number of carboxylic acids is 2. The fourth-order valence-corrected chi connectivity index (χ4v) is 3.78. The molecule has 0 aromatic heterocycles. The second-order valence-electron chi connectivity index (χ2n) is 9.11. The topological polar surface area (TPSA) is 231 Å². The van der Waals surface area contributed by atoms with Gasteiger partial charge in [-0.15, -0.1) is 0 Å². The fraction of sp³-hybridized carbons (Fsp3) is 0.333. The number of carbonyl (C=O) groups is 6. The van der Waals surface area contributed by atoms with Gasteiger partial charge in [-0.25, -0.2) is 4.79 Å². The van der Waals surface area contributed by atoms with Crippen LogP contribution < -0.4 is 27.4 Å². The number of carbonyl (C=O) groups excluding carboxylic acids is 4. The third kappa shape index (κ3) is 10.9. The molecule has 0 saturated heterocycles. The van der Waals surface area contributed by atoms with Gasteiger partial charge in [0.2, 0.25) is 23.6 Å². The zero-order chi connectivity index (χ0) is 29.7. The van der Waals surface area contributed by atoms with Crippen LogP contribution in [-0.4, -0.2) is 69.9 Å².